The van der Waals surface area contributed by atoms with Gasteiger partial charge in [0.15, 0.2) is 0 Å². The van der Waals surface area contributed by atoms with E-state index in [-0.39, 0.29) is 0 Å². The fourth-order valence-electron chi connectivity index (χ4n) is 10.6. The van der Waals surface area contributed by atoms with E-state index < -0.39 is 5.41 Å². The van der Waals surface area contributed by atoms with Crippen molar-refractivity contribution in [3.05, 3.63) is 323 Å². The molecule has 3 heteroatoms. The molecule has 1 aliphatic heterocycles. The summed E-state index contributed by atoms with van der Waals surface area (Å²) < 4.78 is 0. The largest absolute Gasteiger partial charge is 0.344 e. The van der Waals surface area contributed by atoms with Gasteiger partial charge in [-0.25, -0.2) is 0 Å². The van der Waals surface area contributed by atoms with Crippen LogP contribution in [-0.2, 0) is 5.41 Å². The standard InChI is InChI=1S/C68H47N3/c1-71-64-42-40-56(48-32-36-50(37-33-48)60(46-69)66(52-20-8-2-9-21-52)53-22-10-3-11-23-53)44-62(64)68(58-28-16-6-17-29-58,59-30-18-7-19-31-59)63-45-57(41-43-65(63)71)49-34-38-51(39-35-49)61(47-70)67(54-24-12-4-13-25-54)55-26-14-5-15-27-55/h2-45H,1H3. The van der Waals surface area contributed by atoms with Crippen LogP contribution < -0.4 is 4.90 Å². The van der Waals surface area contributed by atoms with Crippen LogP contribution in [0.1, 0.15) is 55.6 Å². The Morgan fingerprint density at radius 2 is 0.606 bits per heavy atom. The van der Waals surface area contributed by atoms with Crippen molar-refractivity contribution in [2.24, 2.45) is 0 Å². The first-order valence-electron chi connectivity index (χ1n) is 23.9. The van der Waals surface area contributed by atoms with Crippen LogP contribution in [0, 0.1) is 22.7 Å². The molecule has 1 heterocycles. The molecule has 0 spiro atoms. The molecule has 0 atom stereocenters. The highest BCUT2D eigenvalue weighted by molar-refractivity contribution is 6.05. The Balaban J connectivity index is 1.05. The lowest BCUT2D eigenvalue weighted by molar-refractivity contribution is 0.728. The minimum Gasteiger partial charge on any atom is -0.344 e. The van der Waals surface area contributed by atoms with Gasteiger partial charge in [0.05, 0.1) is 16.6 Å². The van der Waals surface area contributed by atoms with Gasteiger partial charge in [0.25, 0.3) is 0 Å². The highest BCUT2D eigenvalue weighted by Crippen LogP contribution is 2.57. The van der Waals surface area contributed by atoms with Gasteiger partial charge in [0.1, 0.15) is 12.1 Å². The molecular weight excluding hydrogens is 859 g/mol. The van der Waals surface area contributed by atoms with E-state index in [0.29, 0.717) is 11.1 Å². The van der Waals surface area contributed by atoms with Crippen molar-refractivity contribution >= 4 is 33.7 Å². The first-order valence-corrected chi connectivity index (χ1v) is 23.9. The quantitative estimate of drug-likeness (QED) is 0.101. The summed E-state index contributed by atoms with van der Waals surface area (Å²) >= 11 is 0. The maximum absolute atomic E-state index is 10.8. The van der Waals surface area contributed by atoms with Crippen molar-refractivity contribution in [2.45, 2.75) is 5.41 Å². The monoisotopic (exact) mass is 905 g/mol. The molecule has 0 radical (unpaired) electrons. The number of anilines is 2. The highest BCUT2D eigenvalue weighted by Gasteiger charge is 2.46. The maximum Gasteiger partial charge on any atom is 0.100 e. The molecule has 10 aromatic rings. The second-order valence-corrected chi connectivity index (χ2v) is 17.8. The zero-order valence-corrected chi connectivity index (χ0v) is 39.2. The summed E-state index contributed by atoms with van der Waals surface area (Å²) in [6.45, 7) is 0. The first kappa shape index (κ1) is 44.0. The van der Waals surface area contributed by atoms with Gasteiger partial charge < -0.3 is 4.90 Å². The van der Waals surface area contributed by atoms with Gasteiger partial charge in [-0.2, -0.15) is 10.5 Å². The van der Waals surface area contributed by atoms with Gasteiger partial charge >= 0.3 is 0 Å². The third-order valence-corrected chi connectivity index (χ3v) is 13.9. The van der Waals surface area contributed by atoms with Crippen LogP contribution in [0.3, 0.4) is 0 Å². The number of nitrogens with zero attached hydrogens (tertiary/aromatic N) is 3. The van der Waals surface area contributed by atoms with Crippen molar-refractivity contribution < 1.29 is 0 Å². The molecule has 11 rings (SSSR count). The van der Waals surface area contributed by atoms with Gasteiger partial charge in [-0.05, 0) is 102 Å². The van der Waals surface area contributed by atoms with Crippen molar-refractivity contribution in [2.75, 3.05) is 11.9 Å². The van der Waals surface area contributed by atoms with Crippen molar-refractivity contribution in [1.29, 1.82) is 10.5 Å². The van der Waals surface area contributed by atoms with Crippen molar-refractivity contribution in [1.82, 2.24) is 0 Å². The summed E-state index contributed by atoms with van der Waals surface area (Å²) in [7, 11) is 2.17. The van der Waals surface area contributed by atoms with E-state index in [0.717, 1.165) is 89.3 Å². The molecule has 0 bridgehead atoms. The summed E-state index contributed by atoms with van der Waals surface area (Å²) in [4.78, 5) is 2.33. The number of benzene rings is 10. The molecule has 0 unspecified atom stereocenters. The Morgan fingerprint density at radius 3 is 0.901 bits per heavy atom. The first-order chi connectivity index (χ1) is 35.1. The number of hydrogen-bond donors (Lipinski definition) is 0. The lowest BCUT2D eigenvalue weighted by Crippen LogP contribution is -2.38. The maximum atomic E-state index is 10.8. The van der Waals surface area contributed by atoms with Crippen molar-refractivity contribution in [3.8, 4) is 34.4 Å². The Hall–Kier alpha value is -9.54. The van der Waals surface area contributed by atoms with Gasteiger partial charge in [-0.1, -0.05) is 243 Å². The van der Waals surface area contributed by atoms with Crippen LogP contribution >= 0.6 is 0 Å². The topological polar surface area (TPSA) is 50.8 Å². The van der Waals surface area contributed by atoms with E-state index in [4.69, 9.17) is 0 Å². The van der Waals surface area contributed by atoms with Crippen LogP contribution in [0.4, 0.5) is 11.4 Å². The molecule has 10 aromatic carbocycles. The van der Waals surface area contributed by atoms with Gasteiger partial charge in [-0.15, -0.1) is 0 Å². The molecule has 0 amide bonds. The third-order valence-electron chi connectivity index (χ3n) is 13.9. The molecule has 71 heavy (non-hydrogen) atoms. The number of rotatable bonds is 10. The number of nitriles is 2. The SMILES string of the molecule is CN1c2ccc(-c3ccc(C(C#N)=C(c4ccccc4)c4ccccc4)cc3)cc2C(c2ccccc2)(c2ccccc2)c2cc(-c3ccc(C(C#N)=C(c4ccccc4)c4ccccc4)cc3)ccc21. The Bertz CT molecular complexity index is 3330. The second kappa shape index (κ2) is 19.2. The van der Waals surface area contributed by atoms with Gasteiger partial charge in [0.2, 0.25) is 0 Å². The fourth-order valence-corrected chi connectivity index (χ4v) is 10.6. The smallest absolute Gasteiger partial charge is 0.100 e. The molecule has 0 saturated heterocycles. The zero-order valence-electron chi connectivity index (χ0n) is 39.2. The fraction of sp³-hybridized carbons (Fsp3) is 0.0294. The summed E-state index contributed by atoms with van der Waals surface area (Å²) in [6.07, 6.45) is 0. The predicted molar refractivity (Wildman–Crippen MR) is 293 cm³/mol. The number of allylic oxidation sites excluding steroid dienone is 2. The average Bonchev–Trinajstić information content (AvgIpc) is 3.45. The normalized spacial score (nSPS) is 12.1. The van der Waals surface area contributed by atoms with E-state index in [2.05, 4.69) is 218 Å². The van der Waals surface area contributed by atoms with E-state index >= 15 is 0 Å². The molecule has 0 fully saturated rings. The Labute approximate surface area is 416 Å². The number of fused-ring (bicyclic) bond motifs is 2. The Morgan fingerprint density at radius 1 is 0.324 bits per heavy atom. The minimum atomic E-state index is -0.709. The molecule has 0 aliphatic carbocycles. The predicted octanol–water partition coefficient (Wildman–Crippen LogP) is 16.4. The number of hydrogen-bond acceptors (Lipinski definition) is 3. The van der Waals surface area contributed by atoms with E-state index in [9.17, 15) is 10.5 Å². The van der Waals surface area contributed by atoms with Crippen LogP contribution in [0.15, 0.2) is 267 Å². The lowest BCUT2D eigenvalue weighted by atomic mass is 9.62. The summed E-state index contributed by atoms with van der Waals surface area (Å²) in [5.41, 5.74) is 19.3. The highest BCUT2D eigenvalue weighted by atomic mass is 15.1. The van der Waals surface area contributed by atoms with Crippen LogP contribution in [-0.4, -0.2) is 7.05 Å². The van der Waals surface area contributed by atoms with Gasteiger partial charge in [0, 0.05) is 29.6 Å². The van der Waals surface area contributed by atoms with Gasteiger partial charge in [-0.3, -0.25) is 0 Å². The molecule has 0 saturated carbocycles. The lowest BCUT2D eigenvalue weighted by Gasteiger charge is -2.46. The van der Waals surface area contributed by atoms with E-state index in [1.807, 2.05) is 72.8 Å². The van der Waals surface area contributed by atoms with Crippen LogP contribution in [0.2, 0.25) is 0 Å². The molecule has 3 nitrogen and oxygen atoms in total. The second-order valence-electron chi connectivity index (χ2n) is 17.8. The summed E-state index contributed by atoms with van der Waals surface area (Å²) in [5.74, 6) is 0. The molecule has 1 aliphatic rings. The molecule has 334 valence electrons. The zero-order chi connectivity index (χ0) is 48.2. The van der Waals surface area contributed by atoms with E-state index in [1.165, 1.54) is 11.1 Å². The van der Waals surface area contributed by atoms with Crippen LogP contribution in [0.25, 0.3) is 44.5 Å². The Kier molecular flexibility index (Phi) is 11.9. The summed E-state index contributed by atoms with van der Waals surface area (Å²) in [6, 6.07) is 98.3. The minimum absolute atomic E-state index is 0.626. The molecule has 0 N–H and O–H groups in total. The molecule has 0 aromatic heterocycles. The third kappa shape index (κ3) is 8.03. The summed E-state index contributed by atoms with van der Waals surface area (Å²) in [5, 5.41) is 21.6. The molecular formula is C68H47N3. The van der Waals surface area contributed by atoms with E-state index in [1.54, 1.807) is 0 Å². The van der Waals surface area contributed by atoms with Crippen molar-refractivity contribution in [3.63, 3.8) is 0 Å². The average molecular weight is 906 g/mol. The van der Waals surface area contributed by atoms with Crippen LogP contribution in [0.5, 0.6) is 0 Å².